The van der Waals surface area contributed by atoms with Crippen molar-refractivity contribution in [2.75, 3.05) is 26.4 Å². The normalized spacial score (nSPS) is 27.8. The average Bonchev–Trinajstić information content (AvgIpc) is 2.73. The lowest BCUT2D eigenvalue weighted by Crippen LogP contribution is -2.54. The van der Waals surface area contributed by atoms with E-state index in [0.717, 1.165) is 0 Å². The molecule has 0 radical (unpaired) electrons. The molecule has 1 aliphatic carbocycles. The molecule has 1 aliphatic heterocycles. The maximum atomic E-state index is 13.0. The molecule has 1 fully saturated rings. The molecule has 4 unspecified atom stereocenters. The smallest absolute Gasteiger partial charge is 0.317 e. The van der Waals surface area contributed by atoms with E-state index in [2.05, 4.69) is 5.18 Å². The van der Waals surface area contributed by atoms with Crippen molar-refractivity contribution in [2.24, 2.45) is 17.0 Å². The predicted molar refractivity (Wildman–Crippen MR) is 104 cm³/mol. The van der Waals surface area contributed by atoms with Crippen LogP contribution < -0.4 is 9.47 Å². The number of benzene rings is 1. The molecule has 3 rings (SSSR count). The van der Waals surface area contributed by atoms with Gasteiger partial charge in [0.1, 0.15) is 30.5 Å². The summed E-state index contributed by atoms with van der Waals surface area (Å²) < 4.78 is 21.5. The molecule has 9 heteroatoms. The van der Waals surface area contributed by atoms with Gasteiger partial charge in [-0.05, 0) is 38.5 Å². The van der Waals surface area contributed by atoms with Gasteiger partial charge in [0.2, 0.25) is 0 Å². The summed E-state index contributed by atoms with van der Waals surface area (Å²) in [5.41, 5.74) is -1.09. The molecule has 1 saturated carbocycles. The molecule has 0 N–H and O–H groups in total. The minimum absolute atomic E-state index is 0.0732. The predicted octanol–water partition coefficient (Wildman–Crippen LogP) is 2.40. The Kier molecular flexibility index (Phi) is 6.38. The van der Waals surface area contributed by atoms with Gasteiger partial charge in [-0.2, -0.15) is 4.91 Å². The van der Waals surface area contributed by atoms with E-state index in [0.29, 0.717) is 30.3 Å². The van der Waals surface area contributed by atoms with E-state index in [9.17, 15) is 19.3 Å². The van der Waals surface area contributed by atoms with Crippen molar-refractivity contribution in [1.82, 2.24) is 0 Å². The van der Waals surface area contributed by atoms with Gasteiger partial charge in [0.05, 0.1) is 19.1 Å². The highest BCUT2D eigenvalue weighted by atomic mass is 16.6. The third-order valence-electron chi connectivity index (χ3n) is 5.51. The number of hydrogen-bond donors (Lipinski definition) is 0. The second kappa shape index (κ2) is 8.81. The number of carbonyl (C=O) groups is 3. The second-order valence-electron chi connectivity index (χ2n) is 7.48. The lowest BCUT2D eigenvalue weighted by molar-refractivity contribution is -0.162. The molecule has 9 nitrogen and oxygen atoms in total. The van der Waals surface area contributed by atoms with E-state index in [1.807, 2.05) is 0 Å². The molecular formula is C21H25NO8. The Morgan fingerprint density at radius 2 is 1.73 bits per heavy atom. The van der Waals surface area contributed by atoms with Crippen LogP contribution in [0.2, 0.25) is 0 Å². The maximum Gasteiger partial charge on any atom is 0.317 e. The van der Waals surface area contributed by atoms with Crippen LogP contribution in [0.3, 0.4) is 0 Å². The molecule has 2 aliphatic rings. The summed E-state index contributed by atoms with van der Waals surface area (Å²) in [5.74, 6) is -4.40. The van der Waals surface area contributed by atoms with Crippen LogP contribution in [0.25, 0.3) is 0 Å². The van der Waals surface area contributed by atoms with Crippen LogP contribution in [0.1, 0.15) is 38.7 Å². The van der Waals surface area contributed by atoms with E-state index in [1.54, 1.807) is 32.0 Å². The fourth-order valence-electron chi connectivity index (χ4n) is 4.24. The van der Waals surface area contributed by atoms with E-state index < -0.39 is 41.0 Å². The van der Waals surface area contributed by atoms with Gasteiger partial charge in [0.25, 0.3) is 0 Å². The van der Waals surface area contributed by atoms with Gasteiger partial charge in [-0.25, -0.2) is 0 Å². The molecule has 1 aromatic carbocycles. The maximum absolute atomic E-state index is 13.0. The van der Waals surface area contributed by atoms with Gasteiger partial charge in [0, 0.05) is 12.3 Å². The zero-order valence-corrected chi connectivity index (χ0v) is 17.2. The van der Waals surface area contributed by atoms with Gasteiger partial charge >= 0.3 is 11.9 Å². The summed E-state index contributed by atoms with van der Waals surface area (Å²) in [5, 5.41) is 3.14. The standard InChI is InChI=1S/C21H25NO8/c1-4-27-19(24)17-13(23)11-21(3,22-26)18(20(25)28-5-2)16(17)12-6-7-14-15(10-12)30-9-8-29-14/h6-7,10,16-18H,4-5,8-9,11H2,1-3H3. The molecule has 0 aromatic heterocycles. The molecule has 4 atom stereocenters. The Balaban J connectivity index is 2.16. The number of rotatable bonds is 6. The van der Waals surface area contributed by atoms with Gasteiger partial charge in [-0.3, -0.25) is 14.4 Å². The number of ether oxygens (including phenoxy) is 4. The molecule has 0 spiro atoms. The molecule has 162 valence electrons. The highest BCUT2D eigenvalue weighted by Crippen LogP contribution is 2.49. The third kappa shape index (κ3) is 3.88. The van der Waals surface area contributed by atoms with Crippen molar-refractivity contribution < 1.29 is 33.3 Å². The van der Waals surface area contributed by atoms with Crippen molar-refractivity contribution in [3.8, 4) is 11.5 Å². The van der Waals surface area contributed by atoms with Crippen LogP contribution >= 0.6 is 0 Å². The highest BCUT2D eigenvalue weighted by Gasteiger charge is 2.59. The summed E-state index contributed by atoms with van der Waals surface area (Å²) in [6.45, 7) is 5.60. The molecular weight excluding hydrogens is 394 g/mol. The molecule has 1 aromatic rings. The summed E-state index contributed by atoms with van der Waals surface area (Å²) in [4.78, 5) is 50.4. The van der Waals surface area contributed by atoms with E-state index in [-0.39, 0.29) is 19.6 Å². The number of nitrogens with zero attached hydrogens (tertiary/aromatic N) is 1. The topological polar surface area (TPSA) is 118 Å². The number of fused-ring (bicyclic) bond motifs is 1. The van der Waals surface area contributed by atoms with Gasteiger partial charge in [0.15, 0.2) is 11.5 Å². The monoisotopic (exact) mass is 419 g/mol. The first-order valence-electron chi connectivity index (χ1n) is 9.96. The summed E-state index contributed by atoms with van der Waals surface area (Å²) in [6.07, 6.45) is -0.357. The summed E-state index contributed by atoms with van der Waals surface area (Å²) >= 11 is 0. The number of hydrogen-bond acceptors (Lipinski definition) is 9. The Hall–Kier alpha value is -2.97. The van der Waals surface area contributed by atoms with E-state index in [4.69, 9.17) is 18.9 Å². The highest BCUT2D eigenvalue weighted by molar-refractivity contribution is 6.03. The van der Waals surface area contributed by atoms with Crippen LogP contribution in [0, 0.1) is 16.7 Å². The minimum atomic E-state index is -1.57. The largest absolute Gasteiger partial charge is 0.486 e. The number of Topliss-reactive ketones (excluding diaryl/α,β-unsaturated/α-hetero) is 1. The molecule has 0 amide bonds. The zero-order chi connectivity index (χ0) is 21.9. The van der Waals surface area contributed by atoms with Crippen LogP contribution in [0.5, 0.6) is 11.5 Å². The first-order chi connectivity index (χ1) is 14.4. The Labute approximate surface area is 174 Å². The zero-order valence-electron chi connectivity index (χ0n) is 17.2. The van der Waals surface area contributed by atoms with Crippen molar-refractivity contribution in [3.63, 3.8) is 0 Å². The lowest BCUT2D eigenvalue weighted by atomic mass is 9.60. The second-order valence-corrected chi connectivity index (χ2v) is 7.48. The first-order valence-corrected chi connectivity index (χ1v) is 9.96. The van der Waals surface area contributed by atoms with Gasteiger partial charge < -0.3 is 18.9 Å². The van der Waals surface area contributed by atoms with Crippen molar-refractivity contribution in [3.05, 3.63) is 28.7 Å². The SMILES string of the molecule is CCOC(=O)C1C(=O)CC(C)(N=O)C(C(=O)OCC)C1c1ccc2c(c1)OCCO2. The van der Waals surface area contributed by atoms with Crippen LogP contribution in [0.15, 0.2) is 23.4 Å². The Bertz CT molecular complexity index is 853. The van der Waals surface area contributed by atoms with Gasteiger partial charge in [-0.1, -0.05) is 11.2 Å². The molecule has 30 heavy (non-hydrogen) atoms. The van der Waals surface area contributed by atoms with Crippen molar-refractivity contribution >= 4 is 17.7 Å². The molecule has 1 heterocycles. The van der Waals surface area contributed by atoms with E-state index in [1.165, 1.54) is 6.92 Å². The van der Waals surface area contributed by atoms with Crippen LogP contribution in [-0.4, -0.2) is 49.7 Å². The number of ketones is 1. The van der Waals surface area contributed by atoms with Crippen LogP contribution in [0.4, 0.5) is 0 Å². The minimum Gasteiger partial charge on any atom is -0.486 e. The lowest BCUT2D eigenvalue weighted by Gasteiger charge is -2.42. The fraction of sp³-hybridized carbons (Fsp3) is 0.571. The number of esters is 2. The Morgan fingerprint density at radius 1 is 1.10 bits per heavy atom. The van der Waals surface area contributed by atoms with Crippen molar-refractivity contribution in [2.45, 2.75) is 38.6 Å². The fourth-order valence-corrected chi connectivity index (χ4v) is 4.24. The average molecular weight is 419 g/mol. The van der Waals surface area contributed by atoms with E-state index >= 15 is 0 Å². The molecule has 0 bridgehead atoms. The Morgan fingerprint density at radius 3 is 2.37 bits per heavy atom. The van der Waals surface area contributed by atoms with Crippen LogP contribution in [-0.2, 0) is 23.9 Å². The summed E-state index contributed by atoms with van der Waals surface area (Å²) in [6, 6.07) is 4.93. The third-order valence-corrected chi connectivity index (χ3v) is 5.51. The number of nitroso groups, excluding NO2 is 1. The quantitative estimate of drug-likeness (QED) is 0.392. The van der Waals surface area contributed by atoms with Gasteiger partial charge in [-0.15, -0.1) is 0 Å². The van der Waals surface area contributed by atoms with Crippen molar-refractivity contribution in [1.29, 1.82) is 0 Å². The molecule has 0 saturated heterocycles. The first kappa shape index (κ1) is 21.7. The number of carbonyl (C=O) groups excluding carboxylic acids is 3. The summed E-state index contributed by atoms with van der Waals surface area (Å²) in [7, 11) is 0.